The number of hydrogen-bond acceptors (Lipinski definition) is 2. The highest BCUT2D eigenvalue weighted by molar-refractivity contribution is 5.65. The average molecular weight is 235 g/mol. The molecule has 1 saturated heterocycles. The Labute approximate surface area is 101 Å². The quantitative estimate of drug-likeness (QED) is 0.874. The monoisotopic (exact) mass is 235 g/mol. The predicted octanol–water partition coefficient (Wildman–Crippen LogP) is 2.35. The minimum atomic E-state index is -0.849. The van der Waals surface area contributed by atoms with Gasteiger partial charge in [-0.05, 0) is 18.4 Å². The molecule has 0 spiro atoms. The third-order valence-corrected chi connectivity index (χ3v) is 2.98. The van der Waals surface area contributed by atoms with E-state index in [0.29, 0.717) is 19.7 Å². The van der Waals surface area contributed by atoms with Crippen molar-refractivity contribution in [1.29, 1.82) is 0 Å². The first kappa shape index (κ1) is 11.9. The summed E-state index contributed by atoms with van der Waals surface area (Å²) in [4.78, 5) is 12.3. The zero-order chi connectivity index (χ0) is 12.1. The first-order chi connectivity index (χ1) is 8.25. The number of likely N-dealkylation sites (tertiary alicyclic amines) is 1. The summed E-state index contributed by atoms with van der Waals surface area (Å²) in [7, 11) is 0. The van der Waals surface area contributed by atoms with E-state index in [1.54, 1.807) is 0 Å². The number of ether oxygens (including phenoxy) is 1. The molecule has 1 aliphatic rings. The molecular weight excluding hydrogens is 218 g/mol. The van der Waals surface area contributed by atoms with E-state index < -0.39 is 6.09 Å². The van der Waals surface area contributed by atoms with Crippen LogP contribution in [0.5, 0.6) is 0 Å². The number of carboxylic acid groups (broad SMARTS) is 1. The van der Waals surface area contributed by atoms with Gasteiger partial charge in [0.05, 0.1) is 19.3 Å². The zero-order valence-electron chi connectivity index (χ0n) is 9.71. The van der Waals surface area contributed by atoms with Crippen LogP contribution in [0.3, 0.4) is 0 Å². The highest BCUT2D eigenvalue weighted by atomic mass is 16.5. The summed E-state index contributed by atoms with van der Waals surface area (Å²) < 4.78 is 5.74. The lowest BCUT2D eigenvalue weighted by Gasteiger charge is -2.30. The number of amides is 1. The fraction of sp³-hybridized carbons (Fsp3) is 0.462. The minimum absolute atomic E-state index is 0.0278. The molecule has 4 heteroatoms. The van der Waals surface area contributed by atoms with Crippen molar-refractivity contribution in [2.75, 3.05) is 13.1 Å². The molecule has 1 atom stereocenters. The molecule has 0 bridgehead atoms. The molecule has 1 amide bonds. The van der Waals surface area contributed by atoms with Crippen LogP contribution in [-0.4, -0.2) is 35.3 Å². The number of carbonyl (C=O) groups is 1. The number of rotatable bonds is 3. The number of nitrogens with zero attached hydrogens (tertiary/aromatic N) is 1. The van der Waals surface area contributed by atoms with Crippen LogP contribution in [0.2, 0.25) is 0 Å². The van der Waals surface area contributed by atoms with Crippen LogP contribution in [0, 0.1) is 0 Å². The van der Waals surface area contributed by atoms with Crippen LogP contribution >= 0.6 is 0 Å². The summed E-state index contributed by atoms with van der Waals surface area (Å²) in [6.45, 7) is 1.67. The smallest absolute Gasteiger partial charge is 0.407 e. The first-order valence-electron chi connectivity index (χ1n) is 5.89. The van der Waals surface area contributed by atoms with E-state index in [0.717, 1.165) is 18.4 Å². The third-order valence-electron chi connectivity index (χ3n) is 2.98. The molecule has 0 aliphatic carbocycles. The van der Waals surface area contributed by atoms with Gasteiger partial charge < -0.3 is 14.7 Å². The molecule has 1 aromatic carbocycles. The summed E-state index contributed by atoms with van der Waals surface area (Å²) in [5, 5.41) is 8.91. The molecule has 0 saturated carbocycles. The van der Waals surface area contributed by atoms with Crippen molar-refractivity contribution in [3.63, 3.8) is 0 Å². The van der Waals surface area contributed by atoms with Crippen molar-refractivity contribution >= 4 is 6.09 Å². The molecule has 92 valence electrons. The second-order valence-electron chi connectivity index (χ2n) is 4.29. The second kappa shape index (κ2) is 5.68. The Balaban J connectivity index is 1.81. The average Bonchev–Trinajstić information content (AvgIpc) is 2.38. The molecule has 0 radical (unpaired) electrons. The lowest BCUT2D eigenvalue weighted by atomic mass is 10.1. The summed E-state index contributed by atoms with van der Waals surface area (Å²) in [5.74, 6) is 0. The largest absolute Gasteiger partial charge is 0.465 e. The van der Waals surface area contributed by atoms with Crippen LogP contribution < -0.4 is 0 Å². The van der Waals surface area contributed by atoms with Gasteiger partial charge in [-0.2, -0.15) is 0 Å². The van der Waals surface area contributed by atoms with Gasteiger partial charge in [-0.25, -0.2) is 4.79 Å². The Morgan fingerprint density at radius 1 is 1.41 bits per heavy atom. The van der Waals surface area contributed by atoms with Gasteiger partial charge >= 0.3 is 6.09 Å². The van der Waals surface area contributed by atoms with E-state index in [1.165, 1.54) is 4.90 Å². The van der Waals surface area contributed by atoms with Gasteiger partial charge in [-0.15, -0.1) is 0 Å². The van der Waals surface area contributed by atoms with Crippen molar-refractivity contribution in [2.24, 2.45) is 0 Å². The van der Waals surface area contributed by atoms with Gasteiger partial charge in [0.2, 0.25) is 0 Å². The molecule has 1 heterocycles. The molecule has 1 N–H and O–H groups in total. The molecule has 2 rings (SSSR count). The highest BCUT2D eigenvalue weighted by Gasteiger charge is 2.23. The van der Waals surface area contributed by atoms with E-state index in [9.17, 15) is 4.79 Å². The van der Waals surface area contributed by atoms with E-state index >= 15 is 0 Å². The summed E-state index contributed by atoms with van der Waals surface area (Å²) in [6.07, 6.45) is 1.00. The maximum Gasteiger partial charge on any atom is 0.407 e. The lowest BCUT2D eigenvalue weighted by molar-refractivity contribution is -0.00609. The Morgan fingerprint density at radius 2 is 2.18 bits per heavy atom. The summed E-state index contributed by atoms with van der Waals surface area (Å²) in [6, 6.07) is 9.94. The zero-order valence-corrected chi connectivity index (χ0v) is 9.71. The Bertz CT molecular complexity index is 366. The molecule has 4 nitrogen and oxygen atoms in total. The molecule has 1 aliphatic heterocycles. The number of benzene rings is 1. The maximum atomic E-state index is 10.8. The molecule has 0 aromatic heterocycles. The molecule has 1 aromatic rings. The van der Waals surface area contributed by atoms with Gasteiger partial charge in [0.15, 0.2) is 0 Å². The molecular formula is C13H17NO3. The van der Waals surface area contributed by atoms with Crippen molar-refractivity contribution in [1.82, 2.24) is 4.90 Å². The van der Waals surface area contributed by atoms with Gasteiger partial charge in [-0.1, -0.05) is 30.3 Å². The molecule has 0 unspecified atom stereocenters. The fourth-order valence-electron chi connectivity index (χ4n) is 2.04. The van der Waals surface area contributed by atoms with Gasteiger partial charge in [-0.3, -0.25) is 0 Å². The Hall–Kier alpha value is -1.55. The van der Waals surface area contributed by atoms with Crippen molar-refractivity contribution in [3.05, 3.63) is 35.9 Å². The van der Waals surface area contributed by atoms with Crippen molar-refractivity contribution in [2.45, 2.75) is 25.6 Å². The lowest BCUT2D eigenvalue weighted by Crippen LogP contribution is -2.42. The Kier molecular flexibility index (Phi) is 3.98. The highest BCUT2D eigenvalue weighted by Crippen LogP contribution is 2.15. The first-order valence-corrected chi connectivity index (χ1v) is 5.89. The standard InChI is InChI=1S/C13H17NO3/c15-13(16)14-8-4-7-12(9-14)17-10-11-5-2-1-3-6-11/h1-3,5-6,12H,4,7-10H2,(H,15,16)/t12-/m1/s1. The van der Waals surface area contributed by atoms with Crippen LogP contribution in [0.25, 0.3) is 0 Å². The normalized spacial score (nSPS) is 20.2. The second-order valence-corrected chi connectivity index (χ2v) is 4.29. The topological polar surface area (TPSA) is 49.8 Å². The van der Waals surface area contributed by atoms with Crippen LogP contribution in [-0.2, 0) is 11.3 Å². The van der Waals surface area contributed by atoms with Gasteiger partial charge in [0.25, 0.3) is 0 Å². The van der Waals surface area contributed by atoms with Crippen LogP contribution in [0.4, 0.5) is 4.79 Å². The Morgan fingerprint density at radius 3 is 2.88 bits per heavy atom. The van der Waals surface area contributed by atoms with Gasteiger partial charge in [0, 0.05) is 6.54 Å². The molecule has 1 fully saturated rings. The van der Waals surface area contributed by atoms with E-state index in [1.807, 2.05) is 30.3 Å². The molecule has 17 heavy (non-hydrogen) atoms. The van der Waals surface area contributed by atoms with E-state index in [-0.39, 0.29) is 6.10 Å². The van der Waals surface area contributed by atoms with E-state index in [4.69, 9.17) is 9.84 Å². The summed E-state index contributed by atoms with van der Waals surface area (Å²) in [5.41, 5.74) is 1.12. The van der Waals surface area contributed by atoms with Crippen molar-refractivity contribution < 1.29 is 14.6 Å². The minimum Gasteiger partial charge on any atom is -0.465 e. The van der Waals surface area contributed by atoms with Gasteiger partial charge in [0.1, 0.15) is 0 Å². The maximum absolute atomic E-state index is 10.8. The third kappa shape index (κ3) is 3.46. The van der Waals surface area contributed by atoms with Crippen LogP contribution in [0.15, 0.2) is 30.3 Å². The van der Waals surface area contributed by atoms with Crippen molar-refractivity contribution in [3.8, 4) is 0 Å². The van der Waals surface area contributed by atoms with Crippen LogP contribution in [0.1, 0.15) is 18.4 Å². The van der Waals surface area contributed by atoms with E-state index in [2.05, 4.69) is 0 Å². The number of piperidine rings is 1. The SMILES string of the molecule is O=C(O)N1CCC[C@@H](OCc2ccccc2)C1. The number of hydrogen-bond donors (Lipinski definition) is 1. The predicted molar refractivity (Wildman–Crippen MR) is 63.9 cm³/mol. The summed E-state index contributed by atoms with van der Waals surface area (Å²) >= 11 is 0. The fourth-order valence-corrected chi connectivity index (χ4v) is 2.04.